The minimum atomic E-state index is 0.440. The fourth-order valence-corrected chi connectivity index (χ4v) is 3.52. The highest BCUT2D eigenvalue weighted by atomic mass is 16.3. The van der Waals surface area contributed by atoms with Gasteiger partial charge in [0.2, 0.25) is 0 Å². The third-order valence-corrected chi connectivity index (χ3v) is 4.03. The van der Waals surface area contributed by atoms with Crippen molar-refractivity contribution in [3.63, 3.8) is 0 Å². The number of hydrogen-bond donors (Lipinski definition) is 1. The van der Waals surface area contributed by atoms with Gasteiger partial charge in [-0.2, -0.15) is 0 Å². The van der Waals surface area contributed by atoms with E-state index in [0.29, 0.717) is 12.5 Å². The average molecular weight is 153 g/mol. The Hall–Kier alpha value is -0.0800. The Kier molecular flexibility index (Phi) is 1.16. The second-order valence-corrected chi connectivity index (χ2v) is 4.45. The molecule has 0 amide bonds. The van der Waals surface area contributed by atoms with Crippen LogP contribution >= 0.6 is 0 Å². The molecule has 0 radical (unpaired) electrons. The predicted molar refractivity (Wildman–Crippen MR) is 42.2 cm³/mol. The molecule has 2 nitrogen and oxygen atoms in total. The summed E-state index contributed by atoms with van der Waals surface area (Å²) in [6.07, 6.45) is 2.75. The first kappa shape index (κ1) is 6.44. The van der Waals surface area contributed by atoms with Crippen molar-refractivity contribution in [2.24, 2.45) is 17.8 Å². The maximum atomic E-state index is 9.19. The van der Waals surface area contributed by atoms with Crippen molar-refractivity contribution < 1.29 is 5.11 Å². The fraction of sp³-hybridized carbons (Fsp3) is 1.00. The Bertz CT molecular complexity index is 152. The van der Waals surface area contributed by atoms with E-state index in [2.05, 4.69) is 4.90 Å². The molecule has 0 aromatic heterocycles. The number of nitrogens with zero attached hydrogens (tertiary/aromatic N) is 1. The summed E-state index contributed by atoms with van der Waals surface area (Å²) in [5.41, 5.74) is 0. The van der Waals surface area contributed by atoms with Crippen LogP contribution in [-0.4, -0.2) is 35.7 Å². The first-order valence-electron chi connectivity index (χ1n) is 4.73. The van der Waals surface area contributed by atoms with Crippen LogP contribution in [0.1, 0.15) is 12.8 Å². The molecule has 4 bridgehead atoms. The molecule has 1 saturated carbocycles. The highest BCUT2D eigenvalue weighted by Crippen LogP contribution is 2.48. The molecule has 3 heterocycles. The van der Waals surface area contributed by atoms with Crippen LogP contribution in [0.5, 0.6) is 0 Å². The SMILES string of the molecule is OCC1C2CC3CC1CN3C2. The second-order valence-electron chi connectivity index (χ2n) is 4.45. The summed E-state index contributed by atoms with van der Waals surface area (Å²) in [6.45, 7) is 3.01. The summed E-state index contributed by atoms with van der Waals surface area (Å²) in [6, 6.07) is 0.910. The molecule has 4 fully saturated rings. The van der Waals surface area contributed by atoms with E-state index in [0.717, 1.165) is 17.9 Å². The van der Waals surface area contributed by atoms with E-state index in [4.69, 9.17) is 0 Å². The molecule has 2 unspecified atom stereocenters. The minimum absolute atomic E-state index is 0.440. The van der Waals surface area contributed by atoms with Crippen LogP contribution in [0.15, 0.2) is 0 Å². The van der Waals surface area contributed by atoms with E-state index in [1.54, 1.807) is 0 Å². The molecule has 0 aromatic rings. The Labute approximate surface area is 67.2 Å². The Morgan fingerprint density at radius 2 is 1.82 bits per heavy atom. The fourth-order valence-electron chi connectivity index (χ4n) is 3.52. The predicted octanol–water partition coefficient (Wildman–Crippen LogP) is 0.319. The Balaban J connectivity index is 1.90. The van der Waals surface area contributed by atoms with Crippen LogP contribution in [0, 0.1) is 17.8 Å². The lowest BCUT2D eigenvalue weighted by Crippen LogP contribution is -2.37. The maximum absolute atomic E-state index is 9.19. The Morgan fingerprint density at radius 1 is 1.18 bits per heavy atom. The Morgan fingerprint density at radius 3 is 2.27 bits per heavy atom. The van der Waals surface area contributed by atoms with Crippen LogP contribution < -0.4 is 0 Å². The van der Waals surface area contributed by atoms with Gasteiger partial charge in [-0.15, -0.1) is 0 Å². The summed E-state index contributed by atoms with van der Waals surface area (Å²) in [7, 11) is 0. The molecular formula is C9H15NO. The quantitative estimate of drug-likeness (QED) is 0.586. The van der Waals surface area contributed by atoms with Crippen molar-refractivity contribution in [2.75, 3.05) is 19.7 Å². The van der Waals surface area contributed by atoms with Gasteiger partial charge in [0, 0.05) is 25.7 Å². The molecule has 4 aliphatic rings. The molecular weight excluding hydrogens is 138 g/mol. The summed E-state index contributed by atoms with van der Waals surface area (Å²) in [5, 5.41) is 9.19. The van der Waals surface area contributed by atoms with Crippen molar-refractivity contribution in [3.8, 4) is 0 Å². The number of aliphatic hydroxyl groups is 1. The van der Waals surface area contributed by atoms with Gasteiger partial charge in [-0.05, 0) is 30.6 Å². The van der Waals surface area contributed by atoms with E-state index in [9.17, 15) is 5.11 Å². The largest absolute Gasteiger partial charge is 0.396 e. The minimum Gasteiger partial charge on any atom is -0.396 e. The second kappa shape index (κ2) is 1.99. The van der Waals surface area contributed by atoms with Crippen LogP contribution in [0.3, 0.4) is 0 Å². The highest BCUT2D eigenvalue weighted by Gasteiger charge is 2.51. The summed E-state index contributed by atoms with van der Waals surface area (Å²) < 4.78 is 0. The lowest BCUT2D eigenvalue weighted by Gasteiger charge is -2.33. The van der Waals surface area contributed by atoms with Gasteiger partial charge in [-0.3, -0.25) is 4.90 Å². The van der Waals surface area contributed by atoms with Gasteiger partial charge in [0.1, 0.15) is 0 Å². The molecule has 62 valence electrons. The van der Waals surface area contributed by atoms with Crippen molar-refractivity contribution in [3.05, 3.63) is 0 Å². The zero-order valence-electron chi connectivity index (χ0n) is 6.74. The first-order valence-corrected chi connectivity index (χ1v) is 4.73. The topological polar surface area (TPSA) is 23.5 Å². The third kappa shape index (κ3) is 0.695. The third-order valence-electron chi connectivity index (χ3n) is 4.03. The average Bonchev–Trinajstić information content (AvgIpc) is 2.43. The van der Waals surface area contributed by atoms with E-state index < -0.39 is 0 Å². The smallest absolute Gasteiger partial charge is 0.0465 e. The van der Waals surface area contributed by atoms with Crippen molar-refractivity contribution in [1.82, 2.24) is 4.90 Å². The number of hydrogen-bond acceptors (Lipinski definition) is 2. The summed E-state index contributed by atoms with van der Waals surface area (Å²) >= 11 is 0. The summed E-state index contributed by atoms with van der Waals surface area (Å²) in [4.78, 5) is 2.63. The first-order chi connectivity index (χ1) is 5.38. The molecule has 4 rings (SSSR count). The van der Waals surface area contributed by atoms with Crippen molar-refractivity contribution >= 4 is 0 Å². The molecule has 3 saturated heterocycles. The van der Waals surface area contributed by atoms with Gasteiger partial charge in [0.15, 0.2) is 0 Å². The van der Waals surface area contributed by atoms with E-state index >= 15 is 0 Å². The van der Waals surface area contributed by atoms with E-state index in [1.165, 1.54) is 25.9 Å². The lowest BCUT2D eigenvalue weighted by molar-refractivity contribution is 0.0902. The lowest BCUT2D eigenvalue weighted by atomic mass is 9.74. The standard InChI is InChI=1S/C9H15NO/c11-5-9-6-1-8-2-7(9)4-10(8)3-6/h6-9,11H,1-5H2. The summed E-state index contributed by atoms with van der Waals surface area (Å²) in [5.74, 6) is 2.35. The van der Waals surface area contributed by atoms with Gasteiger partial charge in [-0.1, -0.05) is 0 Å². The van der Waals surface area contributed by atoms with Gasteiger partial charge in [-0.25, -0.2) is 0 Å². The molecule has 2 heteroatoms. The number of aliphatic hydroxyl groups excluding tert-OH is 1. The van der Waals surface area contributed by atoms with Crippen LogP contribution in [-0.2, 0) is 0 Å². The van der Waals surface area contributed by atoms with Gasteiger partial charge in [0.05, 0.1) is 0 Å². The molecule has 11 heavy (non-hydrogen) atoms. The molecule has 3 aliphatic heterocycles. The zero-order chi connectivity index (χ0) is 7.42. The van der Waals surface area contributed by atoms with E-state index in [-0.39, 0.29) is 0 Å². The van der Waals surface area contributed by atoms with Crippen molar-refractivity contribution in [1.29, 1.82) is 0 Å². The molecule has 2 atom stereocenters. The number of piperidine rings is 1. The molecule has 0 aromatic carbocycles. The van der Waals surface area contributed by atoms with Crippen LogP contribution in [0.4, 0.5) is 0 Å². The molecule has 1 N–H and O–H groups in total. The zero-order valence-corrected chi connectivity index (χ0v) is 6.74. The van der Waals surface area contributed by atoms with E-state index in [1.807, 2.05) is 0 Å². The van der Waals surface area contributed by atoms with Crippen LogP contribution in [0.2, 0.25) is 0 Å². The monoisotopic (exact) mass is 153 g/mol. The van der Waals surface area contributed by atoms with Gasteiger partial charge in [0.25, 0.3) is 0 Å². The molecule has 1 aliphatic carbocycles. The van der Waals surface area contributed by atoms with Gasteiger partial charge >= 0.3 is 0 Å². The van der Waals surface area contributed by atoms with Crippen molar-refractivity contribution in [2.45, 2.75) is 18.9 Å². The molecule has 0 spiro atoms. The highest BCUT2D eigenvalue weighted by molar-refractivity contribution is 5.03. The normalized spacial score (nSPS) is 59.2. The maximum Gasteiger partial charge on any atom is 0.0465 e. The van der Waals surface area contributed by atoms with Crippen LogP contribution in [0.25, 0.3) is 0 Å². The number of rotatable bonds is 1. The van der Waals surface area contributed by atoms with Gasteiger partial charge < -0.3 is 5.11 Å².